The summed E-state index contributed by atoms with van der Waals surface area (Å²) < 4.78 is 109. The molecule has 0 atom stereocenters. The molecule has 0 heterocycles. The summed E-state index contributed by atoms with van der Waals surface area (Å²) in [6, 6.07) is 0. The van der Waals surface area contributed by atoms with Crippen molar-refractivity contribution in [3.63, 3.8) is 0 Å². The van der Waals surface area contributed by atoms with Crippen LogP contribution in [0, 0.1) is 10.8 Å². The molecule has 0 rings (SSSR count). The third kappa shape index (κ3) is 117. The molecule has 0 bridgehead atoms. The summed E-state index contributed by atoms with van der Waals surface area (Å²) in [5, 5.41) is 0. The number of alkyl halides is 8. The molecule has 0 aromatic carbocycles. The van der Waals surface area contributed by atoms with Crippen molar-refractivity contribution in [2.24, 2.45) is 10.8 Å². The maximum atomic E-state index is 11.6. The van der Waals surface area contributed by atoms with E-state index in [0.717, 1.165) is 12.5 Å². The van der Waals surface area contributed by atoms with E-state index in [1.807, 2.05) is 0 Å². The van der Waals surface area contributed by atoms with Crippen molar-refractivity contribution in [1.29, 1.82) is 0 Å². The van der Waals surface area contributed by atoms with Crippen LogP contribution in [-0.4, -0.2) is 52.9 Å². The molecule has 230 valence electrons. The molecule has 0 aliphatic heterocycles. The minimum atomic E-state index is -5.24. The van der Waals surface area contributed by atoms with Crippen LogP contribution in [0.2, 0.25) is 0 Å². The van der Waals surface area contributed by atoms with Gasteiger partial charge in [-0.05, 0) is 40.0 Å². The maximum Gasteiger partial charge on any atom is 0.402 e. The Balaban J connectivity index is -0.0000000449. The van der Waals surface area contributed by atoms with Gasteiger partial charge in [-0.3, -0.25) is 8.78 Å². The molecule has 36 heavy (non-hydrogen) atoms. The standard InChI is InChI=1S/C5H6F6.C5H12.C3H6O.2C3H8.C2H5F.C2H6O2S.CH3F/c1-3(2,4(6,7)8)5(9,10)11;1-5(2,3)4;1-3(2)4;2*1-3-2;1-2-3;1-5(2,3)4;1-2/h1-2H3;1-4H3;1-2H3;2*3H2,1-2H3;2H2,1H3;1-2H3;1H3. The summed E-state index contributed by atoms with van der Waals surface area (Å²) in [6.45, 7) is 21.7. The van der Waals surface area contributed by atoms with Gasteiger partial charge in [-0.1, -0.05) is 68.2 Å². The summed E-state index contributed by atoms with van der Waals surface area (Å²) in [7, 11) is -2.17. The van der Waals surface area contributed by atoms with E-state index in [9.17, 15) is 48.3 Å². The first-order valence-electron chi connectivity index (χ1n) is 11.2. The molecule has 12 heteroatoms. The molecule has 3 nitrogen and oxygen atoms in total. The molecule has 0 amide bonds. The van der Waals surface area contributed by atoms with Crippen LogP contribution < -0.4 is 0 Å². The van der Waals surface area contributed by atoms with Gasteiger partial charge in [0.2, 0.25) is 0 Å². The Morgan fingerprint density at radius 1 is 0.639 bits per heavy atom. The number of Topliss-reactive ketones (excluding diaryl/α,β-unsaturated/α-hetero) is 1. The second kappa shape index (κ2) is 30.3. The first-order valence-corrected chi connectivity index (χ1v) is 13.5. The monoisotopic (exact) mass is 574 g/mol. The van der Waals surface area contributed by atoms with Gasteiger partial charge in [0.1, 0.15) is 15.6 Å². The highest BCUT2D eigenvalue weighted by molar-refractivity contribution is 7.89. The zero-order valence-electron chi connectivity index (χ0n) is 25.3. The van der Waals surface area contributed by atoms with Crippen molar-refractivity contribution in [3.8, 4) is 0 Å². The van der Waals surface area contributed by atoms with Crippen LogP contribution in [-0.2, 0) is 14.6 Å². The molecule has 0 spiro atoms. The third-order valence-electron chi connectivity index (χ3n) is 1.42. The predicted octanol–water partition coefficient (Wildman–Crippen LogP) is 9.84. The smallest absolute Gasteiger partial charge is 0.300 e. The fraction of sp³-hybridized carbons (Fsp3) is 0.958. The lowest BCUT2D eigenvalue weighted by Crippen LogP contribution is -2.44. The van der Waals surface area contributed by atoms with E-state index in [0.29, 0.717) is 12.6 Å². The van der Waals surface area contributed by atoms with Crippen molar-refractivity contribution >= 4 is 15.6 Å². The molecule has 0 aromatic heterocycles. The summed E-state index contributed by atoms with van der Waals surface area (Å²) in [5.41, 5.74) is -3.12. The first kappa shape index (κ1) is 55.5. The zero-order valence-corrected chi connectivity index (χ0v) is 26.1. The van der Waals surface area contributed by atoms with Crippen LogP contribution in [0.4, 0.5) is 35.1 Å². The van der Waals surface area contributed by atoms with Crippen molar-refractivity contribution in [2.75, 3.05) is 26.4 Å². The molecule has 0 fully saturated rings. The molecule has 0 N–H and O–H groups in total. The van der Waals surface area contributed by atoms with E-state index >= 15 is 0 Å². The molecule has 0 unspecified atom stereocenters. The van der Waals surface area contributed by atoms with Crippen LogP contribution in [0.15, 0.2) is 0 Å². The highest BCUT2D eigenvalue weighted by Gasteiger charge is 2.64. The Hall–Kier alpha value is -0.940. The van der Waals surface area contributed by atoms with Gasteiger partial charge in [0.05, 0.1) is 13.9 Å². The largest absolute Gasteiger partial charge is 0.402 e. The predicted molar refractivity (Wildman–Crippen MR) is 139 cm³/mol. The Morgan fingerprint density at radius 3 is 0.694 bits per heavy atom. The highest BCUT2D eigenvalue weighted by atomic mass is 32.2. The Morgan fingerprint density at radius 2 is 0.694 bits per heavy atom. The molecule has 0 radical (unpaired) electrons. The topological polar surface area (TPSA) is 51.2 Å². The summed E-state index contributed by atoms with van der Waals surface area (Å²) >= 11 is 0. The van der Waals surface area contributed by atoms with Crippen molar-refractivity contribution in [3.05, 3.63) is 0 Å². The average Bonchev–Trinajstić information content (AvgIpc) is 2.53. The van der Waals surface area contributed by atoms with E-state index in [1.165, 1.54) is 33.6 Å². The fourth-order valence-electron chi connectivity index (χ4n) is 0.161. The number of hydrogen-bond acceptors (Lipinski definition) is 3. The van der Waals surface area contributed by atoms with Crippen LogP contribution in [0.3, 0.4) is 0 Å². The van der Waals surface area contributed by atoms with Gasteiger partial charge in [-0.25, -0.2) is 8.42 Å². The van der Waals surface area contributed by atoms with E-state index in [-0.39, 0.29) is 26.3 Å². The minimum Gasteiger partial charge on any atom is -0.300 e. The maximum absolute atomic E-state index is 11.6. The second-order valence-electron chi connectivity index (χ2n) is 9.35. The Bertz CT molecular complexity index is 482. The van der Waals surface area contributed by atoms with Gasteiger partial charge in [-0.2, -0.15) is 26.3 Å². The molecule has 0 aromatic rings. The van der Waals surface area contributed by atoms with Crippen LogP contribution in [0.25, 0.3) is 0 Å². The van der Waals surface area contributed by atoms with Crippen LogP contribution in [0.5, 0.6) is 0 Å². The second-order valence-corrected chi connectivity index (χ2v) is 11.6. The SMILES string of the molecule is CC(C)(C(F)(F)F)C(F)(F)F.CC(C)(C)C.CC(C)=O.CCC.CCC.CCF.CF.CS(C)(=O)=O. The number of carbonyl (C=O) groups excluding carboxylic acids is 1. The van der Waals surface area contributed by atoms with Gasteiger partial charge in [0.15, 0.2) is 5.41 Å². The summed E-state index contributed by atoms with van der Waals surface area (Å²) in [5.74, 6) is 0.167. The van der Waals surface area contributed by atoms with E-state index in [1.54, 1.807) is 0 Å². The highest BCUT2D eigenvalue weighted by Crippen LogP contribution is 2.49. The van der Waals surface area contributed by atoms with Crippen LogP contribution in [0.1, 0.15) is 103 Å². The number of halogens is 8. The first-order chi connectivity index (χ1) is 15.5. The molecule has 0 saturated heterocycles. The van der Waals surface area contributed by atoms with Crippen molar-refractivity contribution in [1.82, 2.24) is 0 Å². The molecular weight excluding hydrogens is 520 g/mol. The molecular formula is C24H54F8O3S. The average molecular weight is 575 g/mol. The third-order valence-corrected chi connectivity index (χ3v) is 1.42. The minimum absolute atomic E-state index is 0.104. The molecule has 0 saturated carbocycles. The summed E-state index contributed by atoms with van der Waals surface area (Å²) in [4.78, 5) is 9.44. The number of ketones is 1. The lowest BCUT2D eigenvalue weighted by atomic mass is 9.92. The Labute approximate surface area is 216 Å². The van der Waals surface area contributed by atoms with Gasteiger partial charge in [-0.15, -0.1) is 0 Å². The zero-order chi connectivity index (χ0) is 32.2. The Kier molecular flexibility index (Phi) is 46.7. The number of sulfone groups is 1. The molecule has 0 aliphatic carbocycles. The fourth-order valence-corrected chi connectivity index (χ4v) is 0.161. The normalized spacial score (nSPS) is 10.3. The quantitative estimate of drug-likeness (QED) is 0.271. The molecule has 0 aliphatic rings. The van der Waals surface area contributed by atoms with E-state index < -0.39 is 27.6 Å². The lowest BCUT2D eigenvalue weighted by molar-refractivity contribution is -0.327. The summed E-state index contributed by atoms with van der Waals surface area (Å²) in [6.07, 6.45) is -5.67. The number of hydrogen-bond donors (Lipinski definition) is 0. The van der Waals surface area contributed by atoms with E-state index in [4.69, 9.17) is 0 Å². The van der Waals surface area contributed by atoms with Gasteiger partial charge >= 0.3 is 12.4 Å². The van der Waals surface area contributed by atoms with Gasteiger partial charge in [0, 0.05) is 12.5 Å². The van der Waals surface area contributed by atoms with Gasteiger partial charge < -0.3 is 4.79 Å². The van der Waals surface area contributed by atoms with Crippen LogP contribution >= 0.6 is 0 Å². The number of carbonyl (C=O) groups is 1. The van der Waals surface area contributed by atoms with Crippen molar-refractivity contribution in [2.45, 2.75) is 115 Å². The van der Waals surface area contributed by atoms with Crippen molar-refractivity contribution < 1.29 is 48.3 Å². The van der Waals surface area contributed by atoms with E-state index in [2.05, 4.69) is 55.4 Å². The number of rotatable bonds is 0. The lowest BCUT2D eigenvalue weighted by Gasteiger charge is -2.29. The van der Waals surface area contributed by atoms with Gasteiger partial charge in [0.25, 0.3) is 0 Å².